The average Bonchev–Trinajstić information content (AvgIpc) is 2.30. The largest absolute Gasteiger partial charge is 0.245 e. The molecule has 0 radical (unpaired) electrons. The van der Waals surface area contributed by atoms with Gasteiger partial charge in [-0.05, 0) is 21.8 Å². The Kier molecular flexibility index (Phi) is 3.29. The maximum atomic E-state index is 4.58. The molecule has 0 saturated carbocycles. The fourth-order valence-corrected chi connectivity index (χ4v) is 2.93. The van der Waals surface area contributed by atoms with Crippen LogP contribution in [0.3, 0.4) is 0 Å². The molecule has 0 aliphatic carbocycles. The number of nitrogens with zero attached hydrogens (tertiary/aromatic N) is 1. The molecule has 68 valence electrons. The van der Waals surface area contributed by atoms with Crippen LogP contribution in [0.4, 0.5) is 0 Å². The van der Waals surface area contributed by atoms with Gasteiger partial charge in [-0.2, -0.15) is 0 Å². The Hall–Kier alpha value is 0.110. The molecule has 12 heavy (non-hydrogen) atoms. The third-order valence-corrected chi connectivity index (χ3v) is 3.72. The van der Waals surface area contributed by atoms with E-state index in [2.05, 4.69) is 48.6 Å². The van der Waals surface area contributed by atoms with Crippen molar-refractivity contribution in [2.24, 2.45) is 0 Å². The second kappa shape index (κ2) is 3.88. The SMILES string of the molecule is CC(C)c1nc(C(C)C)c(Br)s1. The molecule has 0 N–H and O–H groups in total. The van der Waals surface area contributed by atoms with Crippen LogP contribution in [0.5, 0.6) is 0 Å². The third kappa shape index (κ3) is 2.07. The summed E-state index contributed by atoms with van der Waals surface area (Å²) in [6.07, 6.45) is 0. The molecule has 0 aromatic carbocycles. The maximum absolute atomic E-state index is 4.58. The molecule has 1 aromatic rings. The molecule has 1 heterocycles. The van der Waals surface area contributed by atoms with Crippen molar-refractivity contribution in [2.45, 2.75) is 39.5 Å². The Bertz CT molecular complexity index is 265. The van der Waals surface area contributed by atoms with Crippen LogP contribution in [-0.4, -0.2) is 4.98 Å². The van der Waals surface area contributed by atoms with Crippen LogP contribution in [-0.2, 0) is 0 Å². The van der Waals surface area contributed by atoms with Crippen molar-refractivity contribution >= 4 is 27.3 Å². The minimum atomic E-state index is 0.517. The quantitative estimate of drug-likeness (QED) is 0.766. The van der Waals surface area contributed by atoms with Gasteiger partial charge >= 0.3 is 0 Å². The summed E-state index contributed by atoms with van der Waals surface area (Å²) in [5, 5.41) is 1.23. The monoisotopic (exact) mass is 247 g/mol. The van der Waals surface area contributed by atoms with Crippen LogP contribution in [0, 0.1) is 0 Å². The van der Waals surface area contributed by atoms with Gasteiger partial charge < -0.3 is 0 Å². The molecule has 0 fully saturated rings. The average molecular weight is 248 g/mol. The highest BCUT2D eigenvalue weighted by Gasteiger charge is 2.13. The minimum Gasteiger partial charge on any atom is -0.245 e. The molecule has 0 amide bonds. The van der Waals surface area contributed by atoms with E-state index in [0.29, 0.717) is 11.8 Å². The first kappa shape index (κ1) is 10.2. The summed E-state index contributed by atoms with van der Waals surface area (Å²) < 4.78 is 1.20. The molecular formula is C9H14BrNS. The molecule has 0 bridgehead atoms. The van der Waals surface area contributed by atoms with Gasteiger partial charge in [0.1, 0.15) is 0 Å². The lowest BCUT2D eigenvalue weighted by Crippen LogP contribution is -1.90. The summed E-state index contributed by atoms with van der Waals surface area (Å²) in [5.41, 5.74) is 1.20. The first-order chi connectivity index (χ1) is 5.52. The third-order valence-electron chi connectivity index (χ3n) is 1.67. The van der Waals surface area contributed by atoms with Gasteiger partial charge in [-0.3, -0.25) is 0 Å². The zero-order chi connectivity index (χ0) is 9.30. The number of aromatic nitrogens is 1. The predicted octanol–water partition coefficient (Wildman–Crippen LogP) is 4.15. The summed E-state index contributed by atoms with van der Waals surface area (Å²) in [4.78, 5) is 4.58. The highest BCUT2D eigenvalue weighted by atomic mass is 79.9. The number of rotatable bonds is 2. The van der Waals surface area contributed by atoms with Crippen molar-refractivity contribution in [1.82, 2.24) is 4.98 Å². The van der Waals surface area contributed by atoms with E-state index in [1.807, 2.05) is 0 Å². The lowest BCUT2D eigenvalue weighted by molar-refractivity contribution is 0.790. The molecule has 0 aliphatic rings. The van der Waals surface area contributed by atoms with E-state index in [1.54, 1.807) is 11.3 Å². The highest BCUT2D eigenvalue weighted by Crippen LogP contribution is 2.33. The summed E-state index contributed by atoms with van der Waals surface area (Å²) in [6, 6.07) is 0. The molecule has 0 saturated heterocycles. The van der Waals surface area contributed by atoms with Crippen LogP contribution in [0.1, 0.15) is 50.2 Å². The van der Waals surface area contributed by atoms with Gasteiger partial charge in [0, 0.05) is 5.92 Å². The Balaban J connectivity index is 3.00. The molecule has 0 atom stereocenters. The zero-order valence-electron chi connectivity index (χ0n) is 7.89. The molecule has 0 aliphatic heterocycles. The summed E-state index contributed by atoms with van der Waals surface area (Å²) in [7, 11) is 0. The highest BCUT2D eigenvalue weighted by molar-refractivity contribution is 9.11. The summed E-state index contributed by atoms with van der Waals surface area (Å²) in [5.74, 6) is 1.06. The van der Waals surface area contributed by atoms with Crippen molar-refractivity contribution in [3.8, 4) is 0 Å². The van der Waals surface area contributed by atoms with Gasteiger partial charge in [-0.1, -0.05) is 27.7 Å². The molecular weight excluding hydrogens is 234 g/mol. The Morgan fingerprint density at radius 3 is 2.00 bits per heavy atom. The van der Waals surface area contributed by atoms with E-state index in [-0.39, 0.29) is 0 Å². The van der Waals surface area contributed by atoms with Gasteiger partial charge in [0.2, 0.25) is 0 Å². The van der Waals surface area contributed by atoms with Crippen molar-refractivity contribution in [3.05, 3.63) is 14.5 Å². The van der Waals surface area contributed by atoms with E-state index < -0.39 is 0 Å². The van der Waals surface area contributed by atoms with E-state index in [0.717, 1.165) is 0 Å². The van der Waals surface area contributed by atoms with Gasteiger partial charge in [0.05, 0.1) is 14.5 Å². The first-order valence-electron chi connectivity index (χ1n) is 4.18. The standard InChI is InChI=1S/C9H14BrNS/c1-5(2)7-8(10)12-9(11-7)6(3)4/h5-6H,1-4H3. The number of hydrogen-bond donors (Lipinski definition) is 0. The predicted molar refractivity (Wildman–Crippen MR) is 58.0 cm³/mol. The molecule has 3 heteroatoms. The first-order valence-corrected chi connectivity index (χ1v) is 5.79. The normalized spacial score (nSPS) is 11.6. The van der Waals surface area contributed by atoms with Gasteiger partial charge in [0.15, 0.2) is 0 Å². The molecule has 0 unspecified atom stereocenters. The number of hydrogen-bond acceptors (Lipinski definition) is 2. The fourth-order valence-electron chi connectivity index (χ4n) is 0.933. The second-order valence-electron chi connectivity index (χ2n) is 3.52. The van der Waals surface area contributed by atoms with E-state index in [1.165, 1.54) is 14.5 Å². The van der Waals surface area contributed by atoms with E-state index >= 15 is 0 Å². The lowest BCUT2D eigenvalue weighted by atomic mass is 10.1. The van der Waals surface area contributed by atoms with Crippen LogP contribution < -0.4 is 0 Å². The van der Waals surface area contributed by atoms with Gasteiger partial charge in [-0.25, -0.2) is 4.98 Å². The lowest BCUT2D eigenvalue weighted by Gasteiger charge is -1.99. The summed E-state index contributed by atoms with van der Waals surface area (Å²) in [6.45, 7) is 8.69. The Labute approximate surface area is 86.3 Å². The molecule has 1 aromatic heterocycles. The van der Waals surface area contributed by atoms with Crippen LogP contribution in [0.2, 0.25) is 0 Å². The molecule has 1 nitrogen and oxygen atoms in total. The van der Waals surface area contributed by atoms with Gasteiger partial charge in [0.25, 0.3) is 0 Å². The van der Waals surface area contributed by atoms with Gasteiger partial charge in [-0.15, -0.1) is 11.3 Å². The van der Waals surface area contributed by atoms with Crippen molar-refractivity contribution in [2.75, 3.05) is 0 Å². The van der Waals surface area contributed by atoms with Crippen LogP contribution in [0.15, 0.2) is 3.79 Å². The van der Waals surface area contributed by atoms with E-state index in [9.17, 15) is 0 Å². The molecule has 1 rings (SSSR count). The smallest absolute Gasteiger partial charge is 0.0965 e. The van der Waals surface area contributed by atoms with Crippen LogP contribution in [0.25, 0.3) is 0 Å². The van der Waals surface area contributed by atoms with Crippen molar-refractivity contribution < 1.29 is 0 Å². The second-order valence-corrected chi connectivity index (χ2v) is 5.87. The van der Waals surface area contributed by atoms with Crippen LogP contribution >= 0.6 is 27.3 Å². The minimum absolute atomic E-state index is 0.517. The number of halogens is 1. The Morgan fingerprint density at radius 1 is 1.17 bits per heavy atom. The van der Waals surface area contributed by atoms with E-state index in [4.69, 9.17) is 0 Å². The maximum Gasteiger partial charge on any atom is 0.0965 e. The number of thiazole rings is 1. The summed E-state index contributed by atoms with van der Waals surface area (Å²) >= 11 is 5.30. The Morgan fingerprint density at radius 2 is 1.75 bits per heavy atom. The fraction of sp³-hybridized carbons (Fsp3) is 0.667. The van der Waals surface area contributed by atoms with Crippen molar-refractivity contribution in [1.29, 1.82) is 0 Å². The van der Waals surface area contributed by atoms with Crippen molar-refractivity contribution in [3.63, 3.8) is 0 Å². The topological polar surface area (TPSA) is 12.9 Å². The zero-order valence-corrected chi connectivity index (χ0v) is 10.3. The molecule has 0 spiro atoms.